The van der Waals surface area contributed by atoms with E-state index in [1.165, 1.54) is 18.4 Å². The average molecular weight is 250 g/mol. The van der Waals surface area contributed by atoms with Gasteiger partial charge in [-0.15, -0.1) is 0 Å². The summed E-state index contributed by atoms with van der Waals surface area (Å²) in [6.45, 7) is 4.39. The molecular weight excluding hydrogens is 232 g/mol. The molecule has 0 amide bonds. The van der Waals surface area contributed by atoms with E-state index in [1.54, 1.807) is 12.1 Å². The number of non-ortho nitro benzene ring substituents is 1. The first-order chi connectivity index (χ1) is 8.54. The second-order valence-corrected chi connectivity index (χ2v) is 4.12. The van der Waals surface area contributed by atoms with Gasteiger partial charge in [0, 0.05) is 12.1 Å². The second kappa shape index (κ2) is 9.07. The van der Waals surface area contributed by atoms with Gasteiger partial charge >= 0.3 is 0 Å². The minimum Gasteiger partial charge on any atom is -0.258 e. The van der Waals surface area contributed by atoms with Crippen LogP contribution in [0.2, 0.25) is 0 Å². The lowest BCUT2D eigenvalue weighted by molar-refractivity contribution is -0.384. The van der Waals surface area contributed by atoms with Crippen molar-refractivity contribution in [3.63, 3.8) is 0 Å². The lowest BCUT2D eigenvalue weighted by Crippen LogP contribution is -1.99. The molecule has 0 saturated heterocycles. The van der Waals surface area contributed by atoms with Crippen molar-refractivity contribution in [2.75, 3.05) is 0 Å². The Balaban J connectivity index is 0.000000873. The molecular formula is C13H18N2O3. The Morgan fingerprint density at radius 3 is 2.28 bits per heavy atom. The standard InChI is InChI=1S/C12H17NO2.CHNO/c1-3-4-10(2)9-11-5-7-12(8-6-11)13(14)15;2-1-3/h5-8,10H,3-4,9H2,1-2H3;2H. The van der Waals surface area contributed by atoms with Gasteiger partial charge in [-0.25, -0.2) is 10.2 Å². The molecule has 0 spiro atoms. The minimum atomic E-state index is -0.362. The maximum atomic E-state index is 10.4. The number of hydrogen-bond acceptors (Lipinski definition) is 4. The van der Waals surface area contributed by atoms with Crippen LogP contribution in [0.4, 0.5) is 5.69 Å². The quantitative estimate of drug-likeness (QED) is 0.376. The maximum Gasteiger partial charge on any atom is 0.269 e. The molecule has 0 bridgehead atoms. The van der Waals surface area contributed by atoms with Crippen LogP contribution in [0.1, 0.15) is 32.3 Å². The first-order valence-electron chi connectivity index (χ1n) is 5.82. The maximum absolute atomic E-state index is 10.4. The molecule has 1 N–H and O–H groups in total. The van der Waals surface area contributed by atoms with Gasteiger partial charge < -0.3 is 0 Å². The number of nitro benzene ring substituents is 1. The predicted molar refractivity (Wildman–Crippen MR) is 69.3 cm³/mol. The summed E-state index contributed by atoms with van der Waals surface area (Å²) in [7, 11) is 0. The summed E-state index contributed by atoms with van der Waals surface area (Å²) in [6.07, 6.45) is 4.15. The van der Waals surface area contributed by atoms with E-state index in [9.17, 15) is 10.1 Å². The fraction of sp³-hybridized carbons (Fsp3) is 0.462. The number of hydrogen-bond donors (Lipinski definition) is 1. The van der Waals surface area contributed by atoms with Crippen LogP contribution in [0.5, 0.6) is 0 Å². The molecule has 5 heteroatoms. The van der Waals surface area contributed by atoms with Crippen LogP contribution in [-0.4, -0.2) is 11.0 Å². The number of nitrogens with zero attached hydrogens (tertiary/aromatic N) is 1. The summed E-state index contributed by atoms with van der Waals surface area (Å²) in [5.41, 5.74) is 1.35. The van der Waals surface area contributed by atoms with Crippen LogP contribution in [0.25, 0.3) is 0 Å². The number of isocyanates is 1. The van der Waals surface area contributed by atoms with Crippen molar-refractivity contribution in [2.45, 2.75) is 33.1 Å². The molecule has 1 rings (SSSR count). The molecule has 1 aromatic carbocycles. The summed E-state index contributed by atoms with van der Waals surface area (Å²) in [4.78, 5) is 18.4. The van der Waals surface area contributed by atoms with Crippen molar-refractivity contribution in [2.24, 2.45) is 5.92 Å². The first-order valence-corrected chi connectivity index (χ1v) is 5.82. The highest BCUT2D eigenvalue weighted by atomic mass is 16.6. The largest absolute Gasteiger partial charge is 0.269 e. The van der Waals surface area contributed by atoms with Crippen molar-refractivity contribution in [1.82, 2.24) is 0 Å². The third-order valence-electron chi connectivity index (χ3n) is 2.51. The number of benzene rings is 1. The number of rotatable bonds is 5. The van der Waals surface area contributed by atoms with Gasteiger partial charge in [-0.1, -0.05) is 38.8 Å². The molecule has 0 aromatic heterocycles. The molecule has 0 radical (unpaired) electrons. The predicted octanol–water partition coefficient (Wildman–Crippen LogP) is 3.47. The molecule has 98 valence electrons. The fourth-order valence-electron chi connectivity index (χ4n) is 1.75. The number of nitrogens with one attached hydrogen (secondary N) is 1. The molecule has 0 heterocycles. The summed E-state index contributed by atoms with van der Waals surface area (Å²) < 4.78 is 0. The summed E-state index contributed by atoms with van der Waals surface area (Å²) >= 11 is 0. The van der Waals surface area contributed by atoms with Crippen LogP contribution in [0.15, 0.2) is 24.3 Å². The normalized spacial score (nSPS) is 10.8. The molecule has 0 saturated carbocycles. The van der Waals surface area contributed by atoms with E-state index in [4.69, 9.17) is 10.2 Å². The van der Waals surface area contributed by atoms with Gasteiger partial charge in [0.1, 0.15) is 0 Å². The Morgan fingerprint density at radius 1 is 1.39 bits per heavy atom. The van der Waals surface area contributed by atoms with E-state index in [0.717, 1.165) is 12.5 Å². The zero-order valence-electron chi connectivity index (χ0n) is 10.7. The molecule has 18 heavy (non-hydrogen) atoms. The van der Waals surface area contributed by atoms with Gasteiger partial charge in [-0.3, -0.25) is 10.1 Å². The first kappa shape index (κ1) is 16.0. The van der Waals surface area contributed by atoms with Crippen LogP contribution >= 0.6 is 0 Å². The minimum absolute atomic E-state index is 0.168. The van der Waals surface area contributed by atoms with Crippen molar-refractivity contribution in [3.05, 3.63) is 39.9 Å². The zero-order valence-corrected chi connectivity index (χ0v) is 10.7. The van der Waals surface area contributed by atoms with Gasteiger partial charge in [0.05, 0.1) is 4.92 Å². The Hall–Kier alpha value is -2.00. The highest BCUT2D eigenvalue weighted by Crippen LogP contribution is 2.17. The van der Waals surface area contributed by atoms with Crippen molar-refractivity contribution in [1.29, 1.82) is 5.41 Å². The average Bonchev–Trinajstić information content (AvgIpc) is 2.31. The Kier molecular flexibility index (Phi) is 8.07. The Bertz CT molecular complexity index is 395. The number of nitro groups is 1. The zero-order chi connectivity index (χ0) is 14.0. The molecule has 0 aliphatic carbocycles. The molecule has 5 nitrogen and oxygen atoms in total. The molecule has 1 unspecified atom stereocenters. The van der Waals surface area contributed by atoms with Gasteiger partial charge in [0.2, 0.25) is 6.08 Å². The Morgan fingerprint density at radius 2 is 1.89 bits per heavy atom. The number of carbonyl (C=O) groups excluding carboxylic acids is 1. The van der Waals surface area contributed by atoms with E-state index in [-0.39, 0.29) is 10.6 Å². The third kappa shape index (κ3) is 6.55. The summed E-state index contributed by atoms with van der Waals surface area (Å²) in [5, 5.41) is 15.8. The molecule has 1 atom stereocenters. The molecule has 0 aliphatic heterocycles. The highest BCUT2D eigenvalue weighted by molar-refractivity contribution is 5.32. The SMILES string of the molecule is CCCC(C)Cc1ccc([N+](=O)[O-])cc1.N=C=O. The topological polar surface area (TPSA) is 84.1 Å². The summed E-state index contributed by atoms with van der Waals surface area (Å²) in [6, 6.07) is 6.86. The van der Waals surface area contributed by atoms with Crippen LogP contribution < -0.4 is 0 Å². The van der Waals surface area contributed by atoms with Crippen molar-refractivity contribution < 1.29 is 9.72 Å². The van der Waals surface area contributed by atoms with Gasteiger partial charge in [0.15, 0.2) is 0 Å². The van der Waals surface area contributed by atoms with Gasteiger partial charge in [-0.2, -0.15) is 0 Å². The van der Waals surface area contributed by atoms with Crippen molar-refractivity contribution >= 4 is 11.8 Å². The van der Waals surface area contributed by atoms with Gasteiger partial charge in [-0.05, 0) is 17.9 Å². The van der Waals surface area contributed by atoms with Crippen LogP contribution in [-0.2, 0) is 11.2 Å². The smallest absolute Gasteiger partial charge is 0.258 e. The molecule has 0 fully saturated rings. The van der Waals surface area contributed by atoms with Gasteiger partial charge in [0.25, 0.3) is 5.69 Å². The third-order valence-corrected chi connectivity index (χ3v) is 2.51. The van der Waals surface area contributed by atoms with E-state index in [2.05, 4.69) is 13.8 Å². The lowest BCUT2D eigenvalue weighted by Gasteiger charge is -2.09. The van der Waals surface area contributed by atoms with Crippen molar-refractivity contribution in [3.8, 4) is 0 Å². The van der Waals surface area contributed by atoms with Crippen LogP contribution in [0, 0.1) is 21.4 Å². The van der Waals surface area contributed by atoms with Crippen LogP contribution in [0.3, 0.4) is 0 Å². The highest BCUT2D eigenvalue weighted by Gasteiger charge is 2.06. The van der Waals surface area contributed by atoms with E-state index in [0.29, 0.717) is 5.92 Å². The second-order valence-electron chi connectivity index (χ2n) is 4.12. The van der Waals surface area contributed by atoms with E-state index < -0.39 is 0 Å². The molecule has 0 aliphatic rings. The monoisotopic (exact) mass is 250 g/mol. The summed E-state index contributed by atoms with van der Waals surface area (Å²) in [5.74, 6) is 0.649. The lowest BCUT2D eigenvalue weighted by atomic mass is 9.97. The fourth-order valence-corrected chi connectivity index (χ4v) is 1.75. The molecule has 1 aromatic rings. The van der Waals surface area contributed by atoms with E-state index in [1.807, 2.05) is 12.1 Å². The Labute approximate surface area is 106 Å². The van der Waals surface area contributed by atoms with E-state index >= 15 is 0 Å².